The maximum absolute atomic E-state index is 11.6. The second-order valence-electron chi connectivity index (χ2n) is 3.92. The van der Waals surface area contributed by atoms with Crippen LogP contribution in [0.25, 0.3) is 0 Å². The van der Waals surface area contributed by atoms with Crippen molar-refractivity contribution in [3.05, 3.63) is 0 Å². The van der Waals surface area contributed by atoms with E-state index in [4.69, 9.17) is 4.74 Å². The Morgan fingerprint density at radius 2 is 2.43 bits per heavy atom. The molecule has 2 rings (SSSR count). The van der Waals surface area contributed by atoms with Crippen molar-refractivity contribution < 1.29 is 14.6 Å². The molecule has 2 fully saturated rings. The fraction of sp³-hybridized carbons (Fsp3) is 0.889. The number of amides is 1. The van der Waals surface area contributed by atoms with E-state index in [1.807, 2.05) is 0 Å². The van der Waals surface area contributed by atoms with Gasteiger partial charge in [0.05, 0.1) is 24.8 Å². The van der Waals surface area contributed by atoms with Crippen LogP contribution in [0.15, 0.2) is 0 Å². The molecular formula is C9H16N2O3. The van der Waals surface area contributed by atoms with Gasteiger partial charge < -0.3 is 20.5 Å². The molecule has 2 aliphatic rings. The number of β-amino-alcohol motifs (C(OH)–C–C–N with tert-alkyl or cyclic N) is 1. The lowest BCUT2D eigenvalue weighted by Gasteiger charge is -2.14. The van der Waals surface area contributed by atoms with E-state index in [0.717, 1.165) is 13.0 Å². The summed E-state index contributed by atoms with van der Waals surface area (Å²) in [6, 6.07) is -0.0763. The SMILES string of the molecule is O=C(NC1CCOC1)C1CC(O)CN1. The van der Waals surface area contributed by atoms with Gasteiger partial charge >= 0.3 is 0 Å². The van der Waals surface area contributed by atoms with Gasteiger partial charge in [-0.3, -0.25) is 4.79 Å². The molecule has 0 spiro atoms. The van der Waals surface area contributed by atoms with Gasteiger partial charge in [-0.1, -0.05) is 0 Å². The van der Waals surface area contributed by atoms with Gasteiger partial charge in [-0.25, -0.2) is 0 Å². The van der Waals surface area contributed by atoms with Gasteiger partial charge in [0.25, 0.3) is 0 Å². The molecule has 0 aromatic carbocycles. The number of rotatable bonds is 2. The highest BCUT2D eigenvalue weighted by Crippen LogP contribution is 2.08. The lowest BCUT2D eigenvalue weighted by atomic mass is 10.1. The van der Waals surface area contributed by atoms with Gasteiger partial charge in [-0.05, 0) is 12.8 Å². The Morgan fingerprint density at radius 1 is 1.57 bits per heavy atom. The monoisotopic (exact) mass is 200 g/mol. The number of hydrogen-bond acceptors (Lipinski definition) is 4. The highest BCUT2D eigenvalue weighted by molar-refractivity contribution is 5.82. The van der Waals surface area contributed by atoms with Gasteiger partial charge in [0.2, 0.25) is 5.91 Å². The molecule has 2 heterocycles. The summed E-state index contributed by atoms with van der Waals surface area (Å²) in [6.07, 6.45) is 1.02. The van der Waals surface area contributed by atoms with E-state index in [1.54, 1.807) is 0 Å². The number of nitrogens with one attached hydrogen (secondary N) is 2. The van der Waals surface area contributed by atoms with Crippen LogP contribution >= 0.6 is 0 Å². The van der Waals surface area contributed by atoms with E-state index in [-0.39, 0.29) is 24.1 Å². The lowest BCUT2D eigenvalue weighted by molar-refractivity contribution is -0.123. The van der Waals surface area contributed by atoms with Gasteiger partial charge in [-0.2, -0.15) is 0 Å². The summed E-state index contributed by atoms with van der Waals surface area (Å²) in [7, 11) is 0. The summed E-state index contributed by atoms with van der Waals surface area (Å²) in [4.78, 5) is 11.6. The summed E-state index contributed by atoms with van der Waals surface area (Å²) >= 11 is 0. The minimum atomic E-state index is -0.384. The number of aliphatic hydroxyl groups excluding tert-OH is 1. The fourth-order valence-electron chi connectivity index (χ4n) is 1.87. The Bertz CT molecular complexity index is 216. The normalized spacial score (nSPS) is 37.4. The second kappa shape index (κ2) is 4.25. The molecule has 0 radical (unpaired) electrons. The van der Waals surface area contributed by atoms with Crippen LogP contribution in [0.2, 0.25) is 0 Å². The molecule has 3 atom stereocenters. The maximum atomic E-state index is 11.6. The van der Waals surface area contributed by atoms with Crippen molar-refractivity contribution >= 4 is 5.91 Å². The minimum absolute atomic E-state index is 0.0166. The van der Waals surface area contributed by atoms with E-state index >= 15 is 0 Å². The zero-order chi connectivity index (χ0) is 9.97. The predicted molar refractivity (Wildman–Crippen MR) is 49.8 cm³/mol. The molecule has 14 heavy (non-hydrogen) atoms. The summed E-state index contributed by atoms with van der Waals surface area (Å²) < 4.78 is 5.16. The number of carbonyl (C=O) groups is 1. The minimum Gasteiger partial charge on any atom is -0.392 e. The van der Waals surface area contributed by atoms with Crippen molar-refractivity contribution in [2.75, 3.05) is 19.8 Å². The molecular weight excluding hydrogens is 184 g/mol. The first kappa shape index (κ1) is 9.89. The van der Waals surface area contributed by atoms with E-state index in [1.165, 1.54) is 0 Å². The van der Waals surface area contributed by atoms with Gasteiger partial charge in [-0.15, -0.1) is 0 Å². The molecule has 0 aliphatic carbocycles. The van der Waals surface area contributed by atoms with Gasteiger partial charge in [0.15, 0.2) is 0 Å². The molecule has 0 aromatic heterocycles. The first-order valence-electron chi connectivity index (χ1n) is 5.05. The van der Waals surface area contributed by atoms with Crippen LogP contribution in [0.3, 0.4) is 0 Å². The molecule has 0 saturated carbocycles. The summed E-state index contributed by atoms with van der Waals surface area (Å²) in [5.74, 6) is -0.0166. The molecule has 1 amide bonds. The van der Waals surface area contributed by atoms with Crippen molar-refractivity contribution in [1.29, 1.82) is 0 Å². The standard InChI is InChI=1S/C9H16N2O3/c12-7-3-8(10-4-7)9(13)11-6-1-2-14-5-6/h6-8,10,12H,1-5H2,(H,11,13). The summed E-state index contributed by atoms with van der Waals surface area (Å²) in [6.45, 7) is 1.85. The van der Waals surface area contributed by atoms with Crippen LogP contribution < -0.4 is 10.6 Å². The van der Waals surface area contributed by atoms with Crippen molar-refractivity contribution in [3.8, 4) is 0 Å². The zero-order valence-corrected chi connectivity index (χ0v) is 8.03. The Kier molecular flexibility index (Phi) is 3.00. The topological polar surface area (TPSA) is 70.6 Å². The van der Waals surface area contributed by atoms with Crippen LogP contribution in [0.5, 0.6) is 0 Å². The van der Waals surface area contributed by atoms with Crippen molar-refractivity contribution in [2.45, 2.75) is 31.0 Å². The van der Waals surface area contributed by atoms with E-state index in [0.29, 0.717) is 19.6 Å². The Morgan fingerprint density at radius 3 is 3.00 bits per heavy atom. The van der Waals surface area contributed by atoms with Crippen molar-refractivity contribution in [3.63, 3.8) is 0 Å². The molecule has 5 nitrogen and oxygen atoms in total. The molecule has 0 bridgehead atoms. The Labute approximate surface area is 82.8 Å². The Balaban J connectivity index is 1.77. The summed E-state index contributed by atoms with van der Waals surface area (Å²) in [5.41, 5.74) is 0. The highest BCUT2D eigenvalue weighted by Gasteiger charge is 2.29. The second-order valence-corrected chi connectivity index (χ2v) is 3.92. The first-order chi connectivity index (χ1) is 6.75. The van der Waals surface area contributed by atoms with Crippen LogP contribution in [0.1, 0.15) is 12.8 Å². The number of aliphatic hydroxyl groups is 1. The number of hydrogen-bond donors (Lipinski definition) is 3. The van der Waals surface area contributed by atoms with Crippen LogP contribution in [0.4, 0.5) is 0 Å². The lowest BCUT2D eigenvalue weighted by Crippen LogP contribution is -2.45. The maximum Gasteiger partial charge on any atom is 0.237 e. The quantitative estimate of drug-likeness (QED) is 0.513. The van der Waals surface area contributed by atoms with Gasteiger partial charge in [0, 0.05) is 13.2 Å². The van der Waals surface area contributed by atoms with Crippen molar-refractivity contribution in [2.24, 2.45) is 0 Å². The van der Waals surface area contributed by atoms with Crippen molar-refractivity contribution in [1.82, 2.24) is 10.6 Å². The number of carbonyl (C=O) groups excluding carboxylic acids is 1. The van der Waals surface area contributed by atoms with Crippen LogP contribution in [0, 0.1) is 0 Å². The molecule has 0 aromatic rings. The average molecular weight is 200 g/mol. The zero-order valence-electron chi connectivity index (χ0n) is 8.03. The third-order valence-electron chi connectivity index (χ3n) is 2.70. The molecule has 3 N–H and O–H groups in total. The fourth-order valence-corrected chi connectivity index (χ4v) is 1.87. The van der Waals surface area contributed by atoms with E-state index < -0.39 is 0 Å². The third kappa shape index (κ3) is 2.23. The van der Waals surface area contributed by atoms with Gasteiger partial charge in [0.1, 0.15) is 0 Å². The molecule has 5 heteroatoms. The number of ether oxygens (including phenoxy) is 1. The predicted octanol–water partition coefficient (Wildman–Crippen LogP) is -1.39. The van der Waals surface area contributed by atoms with Crippen LogP contribution in [-0.4, -0.2) is 49.0 Å². The average Bonchev–Trinajstić information content (AvgIpc) is 2.75. The Hall–Kier alpha value is -0.650. The van der Waals surface area contributed by atoms with E-state index in [9.17, 15) is 9.90 Å². The van der Waals surface area contributed by atoms with Crippen LogP contribution in [-0.2, 0) is 9.53 Å². The molecule has 80 valence electrons. The van der Waals surface area contributed by atoms with E-state index in [2.05, 4.69) is 10.6 Å². The first-order valence-corrected chi connectivity index (χ1v) is 5.05. The highest BCUT2D eigenvalue weighted by atomic mass is 16.5. The summed E-state index contributed by atoms with van der Waals surface area (Å²) in [5, 5.41) is 15.1. The third-order valence-corrected chi connectivity index (χ3v) is 2.70. The smallest absolute Gasteiger partial charge is 0.237 e. The molecule has 2 aliphatic heterocycles. The molecule has 3 unspecified atom stereocenters. The largest absolute Gasteiger partial charge is 0.392 e. The molecule has 2 saturated heterocycles.